The lowest BCUT2D eigenvalue weighted by Gasteiger charge is -2.12. The standard InChI is InChI=1S/C9H13N3O2S/c1-15-6-3-7(8(13)14)12-9-10-4-2-5-11-9/h2,4-5,7H,3,6H2,1H3,(H,13,14)(H,10,11,12). The number of thioether (sulfide) groups is 1. The van der Waals surface area contributed by atoms with Crippen molar-refractivity contribution in [3.05, 3.63) is 18.5 Å². The lowest BCUT2D eigenvalue weighted by molar-refractivity contribution is -0.137. The van der Waals surface area contributed by atoms with Crippen molar-refractivity contribution in [2.24, 2.45) is 0 Å². The highest BCUT2D eigenvalue weighted by Crippen LogP contribution is 2.06. The van der Waals surface area contributed by atoms with Crippen molar-refractivity contribution in [1.29, 1.82) is 0 Å². The van der Waals surface area contributed by atoms with Crippen molar-refractivity contribution in [3.63, 3.8) is 0 Å². The van der Waals surface area contributed by atoms with E-state index in [4.69, 9.17) is 5.11 Å². The number of nitrogens with zero attached hydrogens (tertiary/aromatic N) is 2. The number of hydrogen-bond acceptors (Lipinski definition) is 5. The second kappa shape index (κ2) is 6.23. The molecule has 0 fully saturated rings. The third-order valence-electron chi connectivity index (χ3n) is 1.78. The number of carboxylic acids is 1. The van der Waals surface area contributed by atoms with Crippen LogP contribution >= 0.6 is 11.8 Å². The van der Waals surface area contributed by atoms with Gasteiger partial charge in [-0.25, -0.2) is 14.8 Å². The number of nitrogens with one attached hydrogen (secondary N) is 1. The number of carbonyl (C=O) groups is 1. The Bertz CT molecular complexity index is 307. The van der Waals surface area contributed by atoms with Gasteiger partial charge in [-0.05, 0) is 24.5 Å². The van der Waals surface area contributed by atoms with Gasteiger partial charge in [0.05, 0.1) is 0 Å². The van der Waals surface area contributed by atoms with E-state index in [1.807, 2.05) is 6.26 Å². The molecule has 0 aromatic carbocycles. The summed E-state index contributed by atoms with van der Waals surface area (Å²) in [6.45, 7) is 0. The summed E-state index contributed by atoms with van der Waals surface area (Å²) in [6, 6.07) is 1.06. The lowest BCUT2D eigenvalue weighted by atomic mass is 10.2. The molecule has 1 aromatic rings. The molecule has 0 saturated heterocycles. The number of aliphatic carboxylic acids is 1. The van der Waals surface area contributed by atoms with Crippen molar-refractivity contribution in [3.8, 4) is 0 Å². The monoisotopic (exact) mass is 227 g/mol. The first kappa shape index (κ1) is 11.8. The second-order valence-electron chi connectivity index (χ2n) is 2.89. The zero-order valence-corrected chi connectivity index (χ0v) is 9.20. The van der Waals surface area contributed by atoms with Gasteiger partial charge in [0.25, 0.3) is 0 Å². The molecule has 82 valence electrons. The predicted octanol–water partition coefficient (Wildman–Crippen LogP) is 1.09. The summed E-state index contributed by atoms with van der Waals surface area (Å²) in [7, 11) is 0. The maximum absolute atomic E-state index is 10.9. The third-order valence-corrected chi connectivity index (χ3v) is 2.42. The summed E-state index contributed by atoms with van der Waals surface area (Å²) in [4.78, 5) is 18.7. The first-order chi connectivity index (χ1) is 7.24. The van der Waals surface area contributed by atoms with Crippen molar-refractivity contribution in [2.75, 3.05) is 17.3 Å². The summed E-state index contributed by atoms with van der Waals surface area (Å²) < 4.78 is 0. The van der Waals surface area contributed by atoms with Gasteiger partial charge in [0.2, 0.25) is 5.95 Å². The predicted molar refractivity (Wildman–Crippen MR) is 60.1 cm³/mol. The van der Waals surface area contributed by atoms with Crippen LogP contribution in [-0.4, -0.2) is 39.1 Å². The largest absolute Gasteiger partial charge is 0.480 e. The van der Waals surface area contributed by atoms with Crippen LogP contribution < -0.4 is 5.32 Å². The SMILES string of the molecule is CSCCC(Nc1ncccn1)C(=O)O. The Labute approximate surface area is 92.3 Å². The van der Waals surface area contributed by atoms with Crippen molar-refractivity contribution in [1.82, 2.24) is 9.97 Å². The van der Waals surface area contributed by atoms with Crippen molar-refractivity contribution >= 4 is 23.7 Å². The van der Waals surface area contributed by atoms with Gasteiger partial charge in [-0.3, -0.25) is 0 Å². The molecule has 1 aromatic heterocycles. The minimum absolute atomic E-state index is 0.353. The molecule has 1 unspecified atom stereocenters. The van der Waals surface area contributed by atoms with E-state index in [1.165, 1.54) is 0 Å². The summed E-state index contributed by atoms with van der Waals surface area (Å²) in [5, 5.41) is 11.7. The summed E-state index contributed by atoms with van der Waals surface area (Å²) in [6.07, 6.45) is 5.64. The molecular weight excluding hydrogens is 214 g/mol. The average molecular weight is 227 g/mol. The van der Waals surface area contributed by atoms with E-state index in [2.05, 4.69) is 15.3 Å². The van der Waals surface area contributed by atoms with E-state index in [0.29, 0.717) is 12.4 Å². The molecular formula is C9H13N3O2S. The van der Waals surface area contributed by atoms with Crippen molar-refractivity contribution < 1.29 is 9.90 Å². The first-order valence-electron chi connectivity index (χ1n) is 4.49. The Balaban J connectivity index is 2.55. The van der Waals surface area contributed by atoms with Gasteiger partial charge >= 0.3 is 5.97 Å². The third kappa shape index (κ3) is 4.16. The van der Waals surface area contributed by atoms with Crippen LogP contribution in [0.4, 0.5) is 5.95 Å². The van der Waals surface area contributed by atoms with E-state index in [-0.39, 0.29) is 0 Å². The lowest BCUT2D eigenvalue weighted by Crippen LogP contribution is -2.30. The molecule has 2 N–H and O–H groups in total. The van der Waals surface area contributed by atoms with Crippen LogP contribution in [0.1, 0.15) is 6.42 Å². The fourth-order valence-corrected chi connectivity index (χ4v) is 1.49. The Kier molecular flexibility index (Phi) is 4.89. The molecule has 0 bridgehead atoms. The molecule has 1 atom stereocenters. The van der Waals surface area contributed by atoms with Gasteiger partial charge in [0.15, 0.2) is 0 Å². The maximum atomic E-state index is 10.9. The average Bonchev–Trinajstić information content (AvgIpc) is 2.25. The van der Waals surface area contributed by atoms with Crippen LogP contribution in [-0.2, 0) is 4.79 Å². The van der Waals surface area contributed by atoms with Crippen molar-refractivity contribution in [2.45, 2.75) is 12.5 Å². The zero-order valence-electron chi connectivity index (χ0n) is 8.38. The first-order valence-corrected chi connectivity index (χ1v) is 5.88. The molecule has 15 heavy (non-hydrogen) atoms. The molecule has 0 saturated carbocycles. The fourth-order valence-electron chi connectivity index (χ4n) is 1.02. The molecule has 0 radical (unpaired) electrons. The van der Waals surface area contributed by atoms with E-state index in [9.17, 15) is 4.79 Å². The van der Waals surface area contributed by atoms with Crippen LogP contribution in [0.3, 0.4) is 0 Å². The molecule has 0 spiro atoms. The van der Waals surface area contributed by atoms with Gasteiger partial charge < -0.3 is 10.4 Å². The minimum atomic E-state index is -0.878. The molecule has 1 rings (SSSR count). The zero-order chi connectivity index (χ0) is 11.1. The Hall–Kier alpha value is -1.30. The highest BCUT2D eigenvalue weighted by molar-refractivity contribution is 7.98. The van der Waals surface area contributed by atoms with Gasteiger partial charge in [-0.2, -0.15) is 11.8 Å². The normalized spacial score (nSPS) is 12.1. The topological polar surface area (TPSA) is 75.1 Å². The van der Waals surface area contributed by atoms with E-state index in [0.717, 1.165) is 5.75 Å². The van der Waals surface area contributed by atoms with Gasteiger partial charge in [0.1, 0.15) is 6.04 Å². The molecule has 0 aliphatic heterocycles. The van der Waals surface area contributed by atoms with Gasteiger partial charge in [-0.1, -0.05) is 0 Å². The molecule has 0 amide bonds. The number of hydrogen-bond donors (Lipinski definition) is 2. The maximum Gasteiger partial charge on any atom is 0.326 e. The van der Waals surface area contributed by atoms with Crippen LogP contribution in [0.2, 0.25) is 0 Å². The quantitative estimate of drug-likeness (QED) is 0.758. The Morgan fingerprint density at radius 3 is 2.80 bits per heavy atom. The highest BCUT2D eigenvalue weighted by Gasteiger charge is 2.17. The van der Waals surface area contributed by atoms with Gasteiger partial charge in [0, 0.05) is 12.4 Å². The molecule has 6 heteroatoms. The van der Waals surface area contributed by atoms with E-state index < -0.39 is 12.0 Å². The highest BCUT2D eigenvalue weighted by atomic mass is 32.2. The Morgan fingerprint density at radius 1 is 1.60 bits per heavy atom. The van der Waals surface area contributed by atoms with Crippen LogP contribution in [0.25, 0.3) is 0 Å². The summed E-state index contributed by atoms with van der Waals surface area (Å²) >= 11 is 1.61. The molecule has 0 aliphatic carbocycles. The van der Waals surface area contributed by atoms with E-state index >= 15 is 0 Å². The minimum Gasteiger partial charge on any atom is -0.480 e. The number of carboxylic acid groups (broad SMARTS) is 1. The van der Waals surface area contributed by atoms with E-state index in [1.54, 1.807) is 30.2 Å². The van der Waals surface area contributed by atoms with Crippen LogP contribution in [0.5, 0.6) is 0 Å². The smallest absolute Gasteiger partial charge is 0.326 e. The molecule has 1 heterocycles. The van der Waals surface area contributed by atoms with Crippen LogP contribution in [0, 0.1) is 0 Å². The summed E-state index contributed by atoms with van der Waals surface area (Å²) in [5.41, 5.74) is 0. The second-order valence-corrected chi connectivity index (χ2v) is 3.87. The summed E-state index contributed by atoms with van der Waals surface area (Å²) in [5.74, 6) is 0.263. The molecule has 0 aliphatic rings. The Morgan fingerprint density at radius 2 is 2.27 bits per heavy atom. The molecule has 5 nitrogen and oxygen atoms in total. The number of aromatic nitrogens is 2. The van der Waals surface area contributed by atoms with Gasteiger partial charge in [-0.15, -0.1) is 0 Å². The fraction of sp³-hybridized carbons (Fsp3) is 0.444. The number of rotatable bonds is 6. The number of anilines is 1. The van der Waals surface area contributed by atoms with Crippen LogP contribution in [0.15, 0.2) is 18.5 Å².